The van der Waals surface area contributed by atoms with Crippen LogP contribution in [0.4, 0.5) is 0 Å². The van der Waals surface area contributed by atoms with Crippen molar-refractivity contribution < 1.29 is 9.26 Å². The Morgan fingerprint density at radius 1 is 1.25 bits per heavy atom. The number of hydrogen-bond acceptors (Lipinski definition) is 4. The zero-order valence-corrected chi connectivity index (χ0v) is 12.4. The molecule has 0 bridgehead atoms. The van der Waals surface area contributed by atoms with Gasteiger partial charge < -0.3 is 9.26 Å². The summed E-state index contributed by atoms with van der Waals surface area (Å²) >= 11 is 0. The molecular weight excluding hydrogens is 252 g/mol. The van der Waals surface area contributed by atoms with Gasteiger partial charge in [-0.1, -0.05) is 29.4 Å². The predicted octanol–water partition coefficient (Wildman–Crippen LogP) is 3.53. The van der Waals surface area contributed by atoms with Crippen LogP contribution in [0.15, 0.2) is 28.8 Å². The second kappa shape index (κ2) is 4.70. The minimum atomic E-state index is -0.505. The number of rotatable bonds is 4. The maximum Gasteiger partial charge on any atom is 0.230 e. The number of nitrogens with zero attached hydrogens (tertiary/aromatic N) is 2. The highest BCUT2D eigenvalue weighted by Crippen LogP contribution is 2.54. The van der Waals surface area contributed by atoms with Crippen LogP contribution in [-0.2, 0) is 10.3 Å². The standard InChI is InChI=1S/C16H20N2O2/c1-10-7-5-6-8-11(10)12-9-13(12)14-17-15(18-20-14)16(2,3)19-4/h5-8,12-13H,9H2,1-4H3/t12-,13-/m1/s1. The maximum atomic E-state index is 5.43. The zero-order chi connectivity index (χ0) is 14.3. The van der Waals surface area contributed by atoms with Gasteiger partial charge in [0.05, 0.1) is 0 Å². The van der Waals surface area contributed by atoms with E-state index in [1.165, 1.54) is 11.1 Å². The Balaban J connectivity index is 1.79. The second-order valence-electron chi connectivity index (χ2n) is 5.98. The van der Waals surface area contributed by atoms with Gasteiger partial charge in [-0.05, 0) is 44.2 Å². The molecule has 0 saturated heterocycles. The normalized spacial score (nSPS) is 22.0. The molecule has 3 rings (SSSR count). The highest BCUT2D eigenvalue weighted by atomic mass is 16.5. The van der Waals surface area contributed by atoms with E-state index < -0.39 is 5.60 Å². The molecule has 1 saturated carbocycles. The van der Waals surface area contributed by atoms with Crippen molar-refractivity contribution in [3.8, 4) is 0 Å². The lowest BCUT2D eigenvalue weighted by Crippen LogP contribution is -2.21. The van der Waals surface area contributed by atoms with Crippen molar-refractivity contribution in [2.75, 3.05) is 7.11 Å². The first-order valence-electron chi connectivity index (χ1n) is 6.97. The van der Waals surface area contributed by atoms with Crippen LogP contribution in [0.25, 0.3) is 0 Å². The smallest absolute Gasteiger partial charge is 0.230 e. The third-order valence-corrected chi connectivity index (χ3v) is 4.19. The molecule has 1 aromatic carbocycles. The van der Waals surface area contributed by atoms with Gasteiger partial charge in [-0.2, -0.15) is 4.98 Å². The molecule has 2 atom stereocenters. The molecule has 4 nitrogen and oxygen atoms in total. The van der Waals surface area contributed by atoms with Crippen LogP contribution in [-0.4, -0.2) is 17.3 Å². The van der Waals surface area contributed by atoms with Crippen molar-refractivity contribution in [2.45, 2.75) is 44.6 Å². The van der Waals surface area contributed by atoms with Gasteiger partial charge in [0.1, 0.15) is 5.60 Å². The minimum Gasteiger partial charge on any atom is -0.371 e. The summed E-state index contributed by atoms with van der Waals surface area (Å²) in [5.41, 5.74) is 2.22. The van der Waals surface area contributed by atoms with Crippen molar-refractivity contribution in [1.29, 1.82) is 0 Å². The molecule has 4 heteroatoms. The van der Waals surface area contributed by atoms with Crippen LogP contribution >= 0.6 is 0 Å². The Hall–Kier alpha value is -1.68. The van der Waals surface area contributed by atoms with Gasteiger partial charge in [-0.15, -0.1) is 0 Å². The van der Waals surface area contributed by atoms with Crippen molar-refractivity contribution >= 4 is 0 Å². The molecule has 0 aliphatic heterocycles. The van der Waals surface area contributed by atoms with E-state index in [0.29, 0.717) is 17.7 Å². The second-order valence-corrected chi connectivity index (χ2v) is 5.98. The molecule has 1 aliphatic rings. The van der Waals surface area contributed by atoms with Gasteiger partial charge in [0.15, 0.2) is 0 Å². The van der Waals surface area contributed by atoms with Gasteiger partial charge >= 0.3 is 0 Å². The molecule has 2 aromatic rings. The number of ether oxygens (including phenoxy) is 1. The third kappa shape index (κ3) is 2.24. The average Bonchev–Trinajstić information content (AvgIpc) is 3.06. The number of aryl methyl sites for hydroxylation is 1. The number of hydrogen-bond donors (Lipinski definition) is 0. The van der Waals surface area contributed by atoms with Crippen molar-refractivity contribution in [3.05, 3.63) is 47.1 Å². The summed E-state index contributed by atoms with van der Waals surface area (Å²) in [6, 6.07) is 8.50. The lowest BCUT2D eigenvalue weighted by Gasteiger charge is -2.17. The predicted molar refractivity (Wildman–Crippen MR) is 75.6 cm³/mol. The SMILES string of the molecule is COC(C)(C)c1noc([C@@H]2C[C@@H]2c2ccccc2C)n1. The molecule has 0 unspecified atom stereocenters. The number of methoxy groups -OCH3 is 1. The highest BCUT2D eigenvalue weighted by molar-refractivity contribution is 5.36. The molecule has 0 amide bonds. The quantitative estimate of drug-likeness (QED) is 0.854. The summed E-state index contributed by atoms with van der Waals surface area (Å²) in [5, 5.41) is 4.06. The molecular formula is C16H20N2O2. The van der Waals surface area contributed by atoms with Crippen LogP contribution in [0.2, 0.25) is 0 Å². The summed E-state index contributed by atoms with van der Waals surface area (Å²) in [6.45, 7) is 6.03. The van der Waals surface area contributed by atoms with E-state index in [-0.39, 0.29) is 0 Å². The summed E-state index contributed by atoms with van der Waals surface area (Å²) < 4.78 is 10.8. The lowest BCUT2D eigenvalue weighted by atomic mass is 10.0. The van der Waals surface area contributed by atoms with E-state index in [9.17, 15) is 0 Å². The van der Waals surface area contributed by atoms with E-state index in [0.717, 1.165) is 12.3 Å². The summed E-state index contributed by atoms with van der Waals surface area (Å²) in [6.07, 6.45) is 1.08. The minimum absolute atomic E-state index is 0.352. The molecule has 20 heavy (non-hydrogen) atoms. The van der Waals surface area contributed by atoms with Gasteiger partial charge in [0.2, 0.25) is 11.7 Å². The van der Waals surface area contributed by atoms with E-state index in [2.05, 4.69) is 41.3 Å². The summed E-state index contributed by atoms with van der Waals surface area (Å²) in [7, 11) is 1.66. The molecule has 1 aliphatic carbocycles. The Kier molecular flexibility index (Phi) is 3.13. The fourth-order valence-corrected chi connectivity index (χ4v) is 2.54. The molecule has 1 fully saturated rings. The van der Waals surface area contributed by atoms with Crippen molar-refractivity contribution in [2.24, 2.45) is 0 Å². The van der Waals surface area contributed by atoms with Crippen LogP contribution < -0.4 is 0 Å². The number of aromatic nitrogens is 2. The first-order valence-corrected chi connectivity index (χ1v) is 6.97. The lowest BCUT2D eigenvalue weighted by molar-refractivity contribution is 0.00973. The van der Waals surface area contributed by atoms with Crippen LogP contribution in [0.3, 0.4) is 0 Å². The van der Waals surface area contributed by atoms with E-state index in [1.807, 2.05) is 13.8 Å². The van der Waals surface area contributed by atoms with Crippen LogP contribution in [0.5, 0.6) is 0 Å². The Morgan fingerprint density at radius 2 is 2.00 bits per heavy atom. The fourth-order valence-electron chi connectivity index (χ4n) is 2.54. The summed E-state index contributed by atoms with van der Waals surface area (Å²) in [4.78, 5) is 4.52. The number of benzene rings is 1. The first-order chi connectivity index (χ1) is 9.53. The summed E-state index contributed by atoms with van der Waals surface area (Å²) in [5.74, 6) is 2.21. The van der Waals surface area contributed by atoms with E-state index in [4.69, 9.17) is 9.26 Å². The molecule has 1 heterocycles. The largest absolute Gasteiger partial charge is 0.371 e. The van der Waals surface area contributed by atoms with E-state index in [1.54, 1.807) is 7.11 Å². The molecule has 0 N–H and O–H groups in total. The highest BCUT2D eigenvalue weighted by Gasteiger charge is 2.45. The maximum absolute atomic E-state index is 5.43. The van der Waals surface area contributed by atoms with Crippen molar-refractivity contribution in [1.82, 2.24) is 10.1 Å². The van der Waals surface area contributed by atoms with Crippen LogP contribution in [0, 0.1) is 6.92 Å². The monoisotopic (exact) mass is 272 g/mol. The van der Waals surface area contributed by atoms with Gasteiger partial charge in [-0.25, -0.2) is 0 Å². The molecule has 0 radical (unpaired) electrons. The topological polar surface area (TPSA) is 48.2 Å². The first kappa shape index (κ1) is 13.3. The molecule has 1 aromatic heterocycles. The Labute approximate surface area is 119 Å². The molecule has 106 valence electrons. The van der Waals surface area contributed by atoms with Crippen LogP contribution in [0.1, 0.15) is 54.9 Å². The van der Waals surface area contributed by atoms with Crippen molar-refractivity contribution in [3.63, 3.8) is 0 Å². The van der Waals surface area contributed by atoms with E-state index >= 15 is 0 Å². The molecule has 0 spiro atoms. The Bertz CT molecular complexity index is 618. The third-order valence-electron chi connectivity index (χ3n) is 4.19. The van der Waals surface area contributed by atoms with Gasteiger partial charge in [0, 0.05) is 13.0 Å². The van der Waals surface area contributed by atoms with Gasteiger partial charge in [-0.3, -0.25) is 0 Å². The average molecular weight is 272 g/mol. The zero-order valence-electron chi connectivity index (χ0n) is 12.4. The van der Waals surface area contributed by atoms with Gasteiger partial charge in [0.25, 0.3) is 0 Å². The fraction of sp³-hybridized carbons (Fsp3) is 0.500. The Morgan fingerprint density at radius 3 is 2.70 bits per heavy atom.